The zero-order valence-corrected chi connectivity index (χ0v) is 14.5. The van der Waals surface area contributed by atoms with E-state index < -0.39 is 5.60 Å². The second-order valence-electron chi connectivity index (χ2n) is 6.74. The van der Waals surface area contributed by atoms with Gasteiger partial charge in [-0.25, -0.2) is 0 Å². The molecule has 3 heteroatoms. The molecule has 2 aromatic rings. The summed E-state index contributed by atoms with van der Waals surface area (Å²) < 4.78 is 6.32. The Bertz CT molecular complexity index is 700. The van der Waals surface area contributed by atoms with Crippen LogP contribution in [0.1, 0.15) is 43.2 Å². The second-order valence-corrected chi connectivity index (χ2v) is 6.74. The molecule has 0 aliphatic heterocycles. The number of para-hydroxylation sites is 1. The van der Waals surface area contributed by atoms with Crippen LogP contribution in [0.25, 0.3) is 0 Å². The summed E-state index contributed by atoms with van der Waals surface area (Å²) in [6.45, 7) is 4.05. The quantitative estimate of drug-likeness (QED) is 0.857. The monoisotopic (exact) mass is 323 g/mol. The molecule has 1 fully saturated rings. The highest BCUT2D eigenvalue weighted by Crippen LogP contribution is 2.35. The van der Waals surface area contributed by atoms with Crippen LogP contribution in [0.2, 0.25) is 0 Å². The lowest BCUT2D eigenvalue weighted by Crippen LogP contribution is -2.49. The van der Waals surface area contributed by atoms with Crippen molar-refractivity contribution in [1.82, 2.24) is 0 Å². The molecule has 1 saturated carbocycles. The topological polar surface area (TPSA) is 38.3 Å². The molecule has 0 heterocycles. The predicted molar refractivity (Wildman–Crippen MR) is 97.4 cm³/mol. The Morgan fingerprint density at radius 2 is 1.62 bits per heavy atom. The summed E-state index contributed by atoms with van der Waals surface area (Å²) in [6.07, 6.45) is 4.73. The molecule has 0 atom stereocenters. The van der Waals surface area contributed by atoms with Crippen LogP contribution in [0.4, 0.5) is 5.69 Å². The molecule has 1 N–H and O–H groups in total. The Balaban J connectivity index is 1.83. The van der Waals surface area contributed by atoms with E-state index >= 15 is 0 Å². The third kappa shape index (κ3) is 3.61. The highest BCUT2D eigenvalue weighted by atomic mass is 16.5. The van der Waals surface area contributed by atoms with E-state index in [9.17, 15) is 4.79 Å². The van der Waals surface area contributed by atoms with Crippen molar-refractivity contribution in [3.63, 3.8) is 0 Å². The maximum atomic E-state index is 13.1. The lowest BCUT2D eigenvalue weighted by Gasteiger charge is -2.36. The number of rotatable bonds is 4. The number of carbonyl (C=O) groups is 1. The maximum Gasteiger partial charge on any atom is 0.268 e. The van der Waals surface area contributed by atoms with Crippen LogP contribution in [0.15, 0.2) is 48.5 Å². The molecule has 0 unspecified atom stereocenters. The Hall–Kier alpha value is -2.29. The Morgan fingerprint density at radius 3 is 2.29 bits per heavy atom. The number of carbonyl (C=O) groups excluding carboxylic acids is 1. The van der Waals surface area contributed by atoms with E-state index in [4.69, 9.17) is 4.74 Å². The number of amides is 1. The van der Waals surface area contributed by atoms with Crippen LogP contribution >= 0.6 is 0 Å². The lowest BCUT2D eigenvalue weighted by molar-refractivity contribution is -0.134. The molecule has 3 nitrogen and oxygen atoms in total. The fourth-order valence-corrected chi connectivity index (χ4v) is 3.26. The number of benzene rings is 2. The summed E-state index contributed by atoms with van der Waals surface area (Å²) in [6, 6.07) is 15.8. The molecule has 2 aromatic carbocycles. The minimum atomic E-state index is -0.769. The van der Waals surface area contributed by atoms with E-state index in [-0.39, 0.29) is 5.91 Å². The van der Waals surface area contributed by atoms with Crippen LogP contribution in [0, 0.1) is 13.8 Å². The maximum absolute atomic E-state index is 13.1. The summed E-state index contributed by atoms with van der Waals surface area (Å²) in [5.74, 6) is 0.771. The zero-order chi connectivity index (χ0) is 17.0. The van der Waals surface area contributed by atoms with E-state index in [0.717, 1.165) is 49.1 Å². The van der Waals surface area contributed by atoms with E-state index in [2.05, 4.69) is 5.32 Å². The molecule has 0 spiro atoms. The second kappa shape index (κ2) is 7.08. The van der Waals surface area contributed by atoms with E-state index in [1.165, 1.54) is 5.56 Å². The van der Waals surface area contributed by atoms with Crippen LogP contribution in [0.5, 0.6) is 5.75 Å². The molecule has 0 radical (unpaired) electrons. The molecule has 3 rings (SSSR count). The summed E-state index contributed by atoms with van der Waals surface area (Å²) in [5, 5.41) is 3.06. The normalized spacial score (nSPS) is 16.4. The average Bonchev–Trinajstić information content (AvgIpc) is 2.60. The molecule has 1 aliphatic carbocycles. The molecule has 0 saturated heterocycles. The van der Waals surface area contributed by atoms with Gasteiger partial charge in [0.1, 0.15) is 5.75 Å². The molecule has 0 bridgehead atoms. The van der Waals surface area contributed by atoms with Crippen LogP contribution in [-0.2, 0) is 4.79 Å². The van der Waals surface area contributed by atoms with Gasteiger partial charge < -0.3 is 10.1 Å². The van der Waals surface area contributed by atoms with Crippen molar-refractivity contribution in [2.24, 2.45) is 0 Å². The first-order valence-electron chi connectivity index (χ1n) is 8.72. The van der Waals surface area contributed by atoms with Crippen LogP contribution < -0.4 is 10.1 Å². The first kappa shape index (κ1) is 16.6. The fraction of sp³-hybridized carbons (Fsp3) is 0.381. The molecular formula is C21H25NO2. The van der Waals surface area contributed by atoms with Gasteiger partial charge in [-0.3, -0.25) is 4.79 Å². The number of anilines is 1. The minimum absolute atomic E-state index is 0.0330. The smallest absolute Gasteiger partial charge is 0.268 e. The van der Waals surface area contributed by atoms with Crippen LogP contribution in [-0.4, -0.2) is 11.5 Å². The van der Waals surface area contributed by atoms with Crippen molar-refractivity contribution in [2.75, 3.05) is 5.32 Å². The molecule has 1 amide bonds. The molecule has 126 valence electrons. The van der Waals surface area contributed by atoms with Gasteiger partial charge in [0.05, 0.1) is 0 Å². The largest absolute Gasteiger partial charge is 0.477 e. The van der Waals surface area contributed by atoms with Crippen molar-refractivity contribution in [1.29, 1.82) is 0 Å². The Kier molecular flexibility index (Phi) is 4.89. The van der Waals surface area contributed by atoms with Crippen molar-refractivity contribution in [3.8, 4) is 5.75 Å². The van der Waals surface area contributed by atoms with Crippen molar-refractivity contribution >= 4 is 11.6 Å². The van der Waals surface area contributed by atoms with Crippen molar-refractivity contribution in [3.05, 3.63) is 59.7 Å². The van der Waals surface area contributed by atoms with Gasteiger partial charge in [0.15, 0.2) is 5.60 Å². The average molecular weight is 323 g/mol. The van der Waals surface area contributed by atoms with Gasteiger partial charge in [-0.05, 0) is 63.3 Å². The number of hydrogen-bond donors (Lipinski definition) is 1. The van der Waals surface area contributed by atoms with E-state index in [1.54, 1.807) is 0 Å². The molecule has 1 aliphatic rings. The molecular weight excluding hydrogens is 298 g/mol. The van der Waals surface area contributed by atoms with Gasteiger partial charge in [0.2, 0.25) is 0 Å². The number of hydrogen-bond acceptors (Lipinski definition) is 2. The number of ether oxygens (including phenoxy) is 1. The van der Waals surface area contributed by atoms with Gasteiger partial charge in [-0.15, -0.1) is 0 Å². The first-order chi connectivity index (χ1) is 11.6. The van der Waals surface area contributed by atoms with Gasteiger partial charge in [-0.1, -0.05) is 42.3 Å². The SMILES string of the molecule is Cc1ccc(NC(=O)C2(Oc3ccccc3C)CCCCC2)cc1. The molecule has 0 aromatic heterocycles. The van der Waals surface area contributed by atoms with Gasteiger partial charge in [0, 0.05) is 5.69 Å². The minimum Gasteiger partial charge on any atom is -0.477 e. The standard InChI is InChI=1S/C21H25NO2/c1-16-10-12-18(13-11-16)22-20(23)21(14-6-3-7-15-21)24-19-9-5-4-8-17(19)2/h4-5,8-13H,3,6-7,14-15H2,1-2H3,(H,22,23). The lowest BCUT2D eigenvalue weighted by atomic mass is 9.83. The van der Waals surface area contributed by atoms with E-state index in [0.29, 0.717) is 0 Å². The summed E-state index contributed by atoms with van der Waals surface area (Å²) in [5.41, 5.74) is 2.29. The van der Waals surface area contributed by atoms with Gasteiger partial charge in [0.25, 0.3) is 5.91 Å². The number of nitrogens with one attached hydrogen (secondary N) is 1. The third-order valence-electron chi connectivity index (χ3n) is 4.78. The number of aryl methyl sites for hydroxylation is 2. The summed E-state index contributed by atoms with van der Waals surface area (Å²) >= 11 is 0. The van der Waals surface area contributed by atoms with Crippen LogP contribution in [0.3, 0.4) is 0 Å². The van der Waals surface area contributed by atoms with Crippen molar-refractivity contribution in [2.45, 2.75) is 51.6 Å². The highest BCUT2D eigenvalue weighted by Gasteiger charge is 2.42. The third-order valence-corrected chi connectivity index (χ3v) is 4.78. The van der Waals surface area contributed by atoms with Gasteiger partial charge >= 0.3 is 0 Å². The van der Waals surface area contributed by atoms with E-state index in [1.807, 2.05) is 62.4 Å². The Morgan fingerprint density at radius 1 is 0.958 bits per heavy atom. The first-order valence-corrected chi connectivity index (χ1v) is 8.72. The summed E-state index contributed by atoms with van der Waals surface area (Å²) in [7, 11) is 0. The summed E-state index contributed by atoms with van der Waals surface area (Å²) in [4.78, 5) is 13.1. The van der Waals surface area contributed by atoms with Gasteiger partial charge in [-0.2, -0.15) is 0 Å². The predicted octanol–water partition coefficient (Wildman–Crippen LogP) is 5.02. The zero-order valence-electron chi connectivity index (χ0n) is 14.5. The Labute approximate surface area is 144 Å². The van der Waals surface area contributed by atoms with Crippen molar-refractivity contribution < 1.29 is 9.53 Å². The molecule has 24 heavy (non-hydrogen) atoms. The fourth-order valence-electron chi connectivity index (χ4n) is 3.26. The highest BCUT2D eigenvalue weighted by molar-refractivity contribution is 5.97.